The van der Waals surface area contributed by atoms with Gasteiger partial charge in [0.2, 0.25) is 0 Å². The molecular formula is C24H15BrN2. The number of halogens is 1. The molecule has 6 aromatic rings. The number of para-hydroxylation sites is 2. The van der Waals surface area contributed by atoms with Crippen LogP contribution in [0, 0.1) is 0 Å². The van der Waals surface area contributed by atoms with Gasteiger partial charge in [-0.25, -0.2) is 0 Å². The van der Waals surface area contributed by atoms with Crippen LogP contribution in [0.3, 0.4) is 0 Å². The first-order valence-electron chi connectivity index (χ1n) is 9.00. The van der Waals surface area contributed by atoms with E-state index in [0.29, 0.717) is 0 Å². The zero-order chi connectivity index (χ0) is 18.0. The average molecular weight is 411 g/mol. The predicted molar refractivity (Wildman–Crippen MR) is 118 cm³/mol. The highest BCUT2D eigenvalue weighted by atomic mass is 79.9. The highest BCUT2D eigenvalue weighted by Crippen LogP contribution is 2.41. The van der Waals surface area contributed by atoms with Crippen molar-refractivity contribution in [2.75, 3.05) is 0 Å². The normalized spacial score (nSPS) is 11.9. The Hall–Kier alpha value is -3.04. The second kappa shape index (κ2) is 5.48. The molecule has 4 aromatic carbocycles. The third-order valence-electron chi connectivity index (χ3n) is 5.43. The van der Waals surface area contributed by atoms with Crippen molar-refractivity contribution in [1.82, 2.24) is 9.97 Å². The zero-order valence-electron chi connectivity index (χ0n) is 14.4. The van der Waals surface area contributed by atoms with E-state index in [0.717, 1.165) is 15.5 Å². The fraction of sp³-hybridized carbons (Fsp3) is 0. The van der Waals surface area contributed by atoms with Crippen LogP contribution in [-0.2, 0) is 0 Å². The van der Waals surface area contributed by atoms with Crippen LogP contribution in [0.5, 0.6) is 0 Å². The van der Waals surface area contributed by atoms with Crippen LogP contribution >= 0.6 is 15.9 Å². The average Bonchev–Trinajstić information content (AvgIpc) is 3.26. The summed E-state index contributed by atoms with van der Waals surface area (Å²) in [6.45, 7) is 0. The predicted octanol–water partition coefficient (Wildman–Crippen LogP) is 7.39. The molecule has 0 radical (unpaired) electrons. The van der Waals surface area contributed by atoms with Gasteiger partial charge in [0.25, 0.3) is 0 Å². The first-order valence-corrected chi connectivity index (χ1v) is 9.79. The Morgan fingerprint density at radius 2 is 1.19 bits per heavy atom. The largest absolute Gasteiger partial charge is 0.354 e. The molecule has 0 amide bonds. The molecule has 0 saturated heterocycles. The molecule has 0 aliphatic rings. The van der Waals surface area contributed by atoms with E-state index in [2.05, 4.69) is 105 Å². The van der Waals surface area contributed by atoms with Crippen LogP contribution in [0.1, 0.15) is 0 Å². The van der Waals surface area contributed by atoms with Gasteiger partial charge in [0.05, 0.1) is 5.52 Å². The highest BCUT2D eigenvalue weighted by molar-refractivity contribution is 9.10. The summed E-state index contributed by atoms with van der Waals surface area (Å²) in [6.07, 6.45) is 0. The van der Waals surface area contributed by atoms with Crippen LogP contribution in [-0.4, -0.2) is 9.97 Å². The van der Waals surface area contributed by atoms with Gasteiger partial charge in [-0.3, -0.25) is 0 Å². The van der Waals surface area contributed by atoms with Crippen LogP contribution in [0.25, 0.3) is 54.7 Å². The van der Waals surface area contributed by atoms with E-state index >= 15 is 0 Å². The van der Waals surface area contributed by atoms with E-state index in [9.17, 15) is 0 Å². The molecule has 0 aliphatic heterocycles. The van der Waals surface area contributed by atoms with Crippen LogP contribution in [0.15, 0.2) is 83.3 Å². The minimum atomic E-state index is 1.11. The molecule has 27 heavy (non-hydrogen) atoms. The highest BCUT2D eigenvalue weighted by Gasteiger charge is 2.15. The summed E-state index contributed by atoms with van der Waals surface area (Å²) in [5, 5.41) is 5.02. The number of aromatic nitrogens is 2. The first kappa shape index (κ1) is 15.1. The molecule has 128 valence electrons. The number of benzene rings is 4. The van der Waals surface area contributed by atoms with Crippen molar-refractivity contribution in [2.24, 2.45) is 0 Å². The van der Waals surface area contributed by atoms with Crippen molar-refractivity contribution in [1.29, 1.82) is 0 Å². The van der Waals surface area contributed by atoms with Crippen LogP contribution in [0.2, 0.25) is 0 Å². The van der Waals surface area contributed by atoms with Crippen molar-refractivity contribution in [3.63, 3.8) is 0 Å². The molecule has 2 heterocycles. The fourth-order valence-corrected chi connectivity index (χ4v) is 4.84. The molecule has 2 N–H and O–H groups in total. The molecule has 0 spiro atoms. The van der Waals surface area contributed by atoms with Crippen molar-refractivity contribution in [3.8, 4) is 11.1 Å². The third kappa shape index (κ3) is 2.06. The van der Waals surface area contributed by atoms with Crippen molar-refractivity contribution >= 4 is 59.5 Å². The lowest BCUT2D eigenvalue weighted by atomic mass is 9.97. The number of rotatable bonds is 1. The Morgan fingerprint density at radius 3 is 2.11 bits per heavy atom. The van der Waals surface area contributed by atoms with E-state index in [1.165, 1.54) is 43.7 Å². The summed E-state index contributed by atoms with van der Waals surface area (Å²) in [7, 11) is 0. The Bertz CT molecular complexity index is 1490. The lowest BCUT2D eigenvalue weighted by Crippen LogP contribution is -1.82. The Labute approximate surface area is 164 Å². The molecule has 0 atom stereocenters. The van der Waals surface area contributed by atoms with E-state index in [1.54, 1.807) is 0 Å². The van der Waals surface area contributed by atoms with Crippen LogP contribution < -0.4 is 0 Å². The number of hydrogen-bond acceptors (Lipinski definition) is 0. The molecule has 0 bridgehead atoms. The van der Waals surface area contributed by atoms with Crippen LogP contribution in [0.4, 0.5) is 0 Å². The number of fused-ring (bicyclic) bond motifs is 6. The van der Waals surface area contributed by atoms with E-state index in [-0.39, 0.29) is 0 Å². The van der Waals surface area contributed by atoms with Gasteiger partial charge in [-0.05, 0) is 29.8 Å². The lowest BCUT2D eigenvalue weighted by Gasteiger charge is -2.07. The Balaban J connectivity index is 1.80. The quantitative estimate of drug-likeness (QED) is 0.283. The second-order valence-electron chi connectivity index (χ2n) is 6.91. The summed E-state index contributed by atoms with van der Waals surface area (Å²) < 4.78 is 1.11. The SMILES string of the molecule is Brc1cccc2[nH]c3cccc(-c4cccc5c4[nH]c4ccccc45)c3c12. The minimum absolute atomic E-state index is 1.11. The van der Waals surface area contributed by atoms with Crippen molar-refractivity contribution in [3.05, 3.63) is 83.3 Å². The summed E-state index contributed by atoms with van der Waals surface area (Å²) in [4.78, 5) is 7.21. The molecule has 6 rings (SSSR count). The van der Waals surface area contributed by atoms with Gasteiger partial charge in [0, 0.05) is 48.1 Å². The minimum Gasteiger partial charge on any atom is -0.354 e. The summed E-state index contributed by atoms with van der Waals surface area (Å²) in [5.41, 5.74) is 7.13. The standard InChI is InChI=1S/C24H15BrN2/c25-18-10-5-13-21-23(18)22-15(7-4-12-20(22)26-21)17-9-3-8-16-14-6-1-2-11-19(14)27-24(16)17/h1-13,26-27H. The molecule has 2 nitrogen and oxygen atoms in total. The zero-order valence-corrected chi connectivity index (χ0v) is 16.0. The van der Waals surface area contributed by atoms with Gasteiger partial charge in [-0.2, -0.15) is 0 Å². The van der Waals surface area contributed by atoms with Gasteiger partial charge in [-0.1, -0.05) is 70.5 Å². The smallest absolute Gasteiger partial charge is 0.0544 e. The number of hydrogen-bond donors (Lipinski definition) is 2. The van der Waals surface area contributed by atoms with E-state index < -0.39 is 0 Å². The molecule has 0 fully saturated rings. The number of nitrogens with one attached hydrogen (secondary N) is 2. The number of aromatic amines is 2. The maximum absolute atomic E-state index is 3.75. The van der Waals surface area contributed by atoms with Gasteiger partial charge in [-0.15, -0.1) is 0 Å². The molecule has 2 aromatic heterocycles. The summed E-state index contributed by atoms with van der Waals surface area (Å²) >= 11 is 3.75. The summed E-state index contributed by atoms with van der Waals surface area (Å²) in [6, 6.07) is 27.9. The molecule has 3 heteroatoms. The van der Waals surface area contributed by atoms with Gasteiger partial charge < -0.3 is 9.97 Å². The molecule has 0 saturated carbocycles. The van der Waals surface area contributed by atoms with Crippen molar-refractivity contribution < 1.29 is 0 Å². The lowest BCUT2D eigenvalue weighted by molar-refractivity contribution is 1.53. The molecular weight excluding hydrogens is 396 g/mol. The monoisotopic (exact) mass is 410 g/mol. The molecule has 0 aliphatic carbocycles. The third-order valence-corrected chi connectivity index (χ3v) is 6.09. The maximum atomic E-state index is 3.75. The van der Waals surface area contributed by atoms with E-state index in [4.69, 9.17) is 0 Å². The maximum Gasteiger partial charge on any atom is 0.0544 e. The fourth-order valence-electron chi connectivity index (χ4n) is 4.28. The van der Waals surface area contributed by atoms with Gasteiger partial charge in [0.15, 0.2) is 0 Å². The topological polar surface area (TPSA) is 31.6 Å². The molecule has 0 unspecified atom stereocenters. The summed E-state index contributed by atoms with van der Waals surface area (Å²) in [5.74, 6) is 0. The van der Waals surface area contributed by atoms with Gasteiger partial charge >= 0.3 is 0 Å². The Kier molecular flexibility index (Phi) is 3.06. The Morgan fingerprint density at radius 1 is 0.519 bits per heavy atom. The van der Waals surface area contributed by atoms with E-state index in [1.807, 2.05) is 0 Å². The first-order chi connectivity index (χ1) is 13.3. The van der Waals surface area contributed by atoms with Gasteiger partial charge in [0.1, 0.15) is 0 Å². The number of H-pyrrole nitrogens is 2. The second-order valence-corrected chi connectivity index (χ2v) is 7.77. The van der Waals surface area contributed by atoms with Crippen molar-refractivity contribution in [2.45, 2.75) is 0 Å².